The molecule has 1 aliphatic rings. The summed E-state index contributed by atoms with van der Waals surface area (Å²) in [4.78, 5) is 25.5. The third-order valence-electron chi connectivity index (χ3n) is 2.54. The molecule has 1 heterocycles. The molecule has 1 fully saturated rings. The third-order valence-corrected chi connectivity index (χ3v) is 2.54. The quantitative estimate of drug-likeness (QED) is 0.687. The fourth-order valence-electron chi connectivity index (χ4n) is 1.61. The van der Waals surface area contributed by atoms with Crippen LogP contribution in [0, 0.1) is 6.92 Å². The minimum absolute atomic E-state index is 0.136. The van der Waals surface area contributed by atoms with Crippen LogP contribution in [0.1, 0.15) is 31.0 Å². The van der Waals surface area contributed by atoms with E-state index in [0.717, 1.165) is 19.3 Å². The van der Waals surface area contributed by atoms with E-state index in [0.29, 0.717) is 5.69 Å². The van der Waals surface area contributed by atoms with Crippen LogP contribution >= 0.6 is 0 Å². The maximum Gasteiger partial charge on any atom is 0.328 e. The van der Waals surface area contributed by atoms with Crippen molar-refractivity contribution in [1.29, 1.82) is 0 Å². The second-order valence-electron chi connectivity index (χ2n) is 3.55. The highest BCUT2D eigenvalue weighted by molar-refractivity contribution is 4.98. The molecular formula is C9H12N2O2. The maximum absolute atomic E-state index is 11.4. The van der Waals surface area contributed by atoms with Crippen LogP contribution < -0.4 is 11.2 Å². The molecule has 1 saturated carbocycles. The van der Waals surface area contributed by atoms with E-state index in [-0.39, 0.29) is 17.3 Å². The van der Waals surface area contributed by atoms with Gasteiger partial charge in [0, 0.05) is 17.8 Å². The van der Waals surface area contributed by atoms with Gasteiger partial charge in [-0.2, -0.15) is 0 Å². The number of hydrogen-bond donors (Lipinski definition) is 1. The van der Waals surface area contributed by atoms with E-state index in [1.54, 1.807) is 6.92 Å². The Morgan fingerprint density at radius 1 is 1.46 bits per heavy atom. The van der Waals surface area contributed by atoms with Crippen molar-refractivity contribution >= 4 is 0 Å². The van der Waals surface area contributed by atoms with E-state index < -0.39 is 0 Å². The highest BCUT2D eigenvalue weighted by Crippen LogP contribution is 2.28. The summed E-state index contributed by atoms with van der Waals surface area (Å²) in [6, 6.07) is 1.61. The lowest BCUT2D eigenvalue weighted by atomic mass is 9.93. The predicted molar refractivity (Wildman–Crippen MR) is 48.9 cm³/mol. The molecule has 0 spiro atoms. The predicted octanol–water partition coefficient (Wildman–Crippen LogP) is 0.570. The summed E-state index contributed by atoms with van der Waals surface area (Å²) < 4.78 is 1.33. The van der Waals surface area contributed by atoms with Crippen molar-refractivity contribution < 1.29 is 0 Å². The Kier molecular flexibility index (Phi) is 1.83. The summed E-state index contributed by atoms with van der Waals surface area (Å²) in [6.07, 6.45) is 3.02. The van der Waals surface area contributed by atoms with Gasteiger partial charge in [0.15, 0.2) is 0 Å². The van der Waals surface area contributed by atoms with Gasteiger partial charge >= 0.3 is 5.69 Å². The first kappa shape index (κ1) is 8.29. The van der Waals surface area contributed by atoms with Gasteiger partial charge in [0.2, 0.25) is 0 Å². The molecule has 0 unspecified atom stereocenters. The first-order chi connectivity index (χ1) is 6.18. The van der Waals surface area contributed by atoms with Crippen LogP contribution in [-0.4, -0.2) is 9.55 Å². The SMILES string of the molecule is Cc1cc(=O)n(C2CCC2)c(=O)[nH]1. The third kappa shape index (κ3) is 1.32. The van der Waals surface area contributed by atoms with Crippen molar-refractivity contribution in [2.45, 2.75) is 32.2 Å². The lowest BCUT2D eigenvalue weighted by molar-refractivity contribution is 0.296. The van der Waals surface area contributed by atoms with Gasteiger partial charge in [0.05, 0.1) is 0 Å². The molecule has 0 bridgehead atoms. The van der Waals surface area contributed by atoms with Crippen LogP contribution in [0.15, 0.2) is 15.7 Å². The van der Waals surface area contributed by atoms with Crippen molar-refractivity contribution in [3.8, 4) is 0 Å². The van der Waals surface area contributed by atoms with E-state index in [4.69, 9.17) is 0 Å². The van der Waals surface area contributed by atoms with Gasteiger partial charge in [0.25, 0.3) is 5.56 Å². The Balaban J connectivity index is 2.56. The summed E-state index contributed by atoms with van der Waals surface area (Å²) in [5.74, 6) is 0. The molecule has 1 aromatic rings. The van der Waals surface area contributed by atoms with Crippen molar-refractivity contribution in [3.05, 3.63) is 32.6 Å². The number of hydrogen-bond acceptors (Lipinski definition) is 2. The van der Waals surface area contributed by atoms with E-state index >= 15 is 0 Å². The van der Waals surface area contributed by atoms with E-state index in [1.165, 1.54) is 10.6 Å². The van der Waals surface area contributed by atoms with E-state index in [9.17, 15) is 9.59 Å². The van der Waals surface area contributed by atoms with Gasteiger partial charge in [-0.1, -0.05) is 0 Å². The van der Waals surface area contributed by atoms with Gasteiger partial charge in [-0.3, -0.25) is 9.36 Å². The molecule has 1 aromatic heterocycles. The molecule has 0 aliphatic heterocycles. The number of aromatic amines is 1. The van der Waals surface area contributed by atoms with Crippen LogP contribution in [-0.2, 0) is 0 Å². The lowest BCUT2D eigenvalue weighted by Gasteiger charge is -2.26. The summed E-state index contributed by atoms with van der Waals surface area (Å²) >= 11 is 0. The average molecular weight is 180 g/mol. The van der Waals surface area contributed by atoms with Crippen LogP contribution in [0.2, 0.25) is 0 Å². The van der Waals surface area contributed by atoms with Gasteiger partial charge < -0.3 is 4.98 Å². The Morgan fingerprint density at radius 2 is 2.15 bits per heavy atom. The van der Waals surface area contributed by atoms with Crippen molar-refractivity contribution in [2.75, 3.05) is 0 Å². The zero-order valence-electron chi connectivity index (χ0n) is 7.54. The Morgan fingerprint density at radius 3 is 2.62 bits per heavy atom. The maximum atomic E-state index is 11.4. The zero-order chi connectivity index (χ0) is 9.42. The molecule has 0 amide bonds. The number of aryl methyl sites for hydroxylation is 1. The number of aromatic nitrogens is 2. The van der Waals surface area contributed by atoms with Crippen LogP contribution in [0.4, 0.5) is 0 Å². The number of H-pyrrole nitrogens is 1. The molecule has 2 rings (SSSR count). The Hall–Kier alpha value is -1.32. The molecule has 0 atom stereocenters. The molecule has 1 N–H and O–H groups in total. The van der Waals surface area contributed by atoms with Crippen LogP contribution in [0.5, 0.6) is 0 Å². The molecule has 4 heteroatoms. The molecule has 70 valence electrons. The summed E-state index contributed by atoms with van der Waals surface area (Å²) in [6.45, 7) is 1.72. The topological polar surface area (TPSA) is 54.9 Å². The zero-order valence-corrected chi connectivity index (χ0v) is 7.54. The Bertz CT molecular complexity index is 395. The standard InChI is InChI=1S/C9H12N2O2/c1-6-5-8(12)11(9(13)10-6)7-3-2-4-7/h5,7H,2-4H2,1H3,(H,10,13). The lowest BCUT2D eigenvalue weighted by Crippen LogP contribution is -2.40. The Labute approximate surface area is 75.2 Å². The molecular weight excluding hydrogens is 168 g/mol. The minimum atomic E-state index is -0.269. The average Bonchev–Trinajstić information content (AvgIpc) is 1.92. The largest absolute Gasteiger partial charge is 0.328 e. The smallest absolute Gasteiger partial charge is 0.311 e. The molecule has 4 nitrogen and oxygen atoms in total. The van der Waals surface area contributed by atoms with E-state index in [1.807, 2.05) is 0 Å². The molecule has 0 saturated heterocycles. The fraction of sp³-hybridized carbons (Fsp3) is 0.556. The fourth-order valence-corrected chi connectivity index (χ4v) is 1.61. The second kappa shape index (κ2) is 2.87. The summed E-state index contributed by atoms with van der Waals surface area (Å²) in [5.41, 5.74) is 0.186. The molecule has 1 aliphatic carbocycles. The first-order valence-corrected chi connectivity index (χ1v) is 4.51. The first-order valence-electron chi connectivity index (χ1n) is 4.51. The monoisotopic (exact) mass is 180 g/mol. The van der Waals surface area contributed by atoms with Crippen LogP contribution in [0.3, 0.4) is 0 Å². The molecule has 0 radical (unpaired) electrons. The van der Waals surface area contributed by atoms with Gasteiger partial charge in [-0.25, -0.2) is 4.79 Å². The minimum Gasteiger partial charge on any atom is -0.311 e. The second-order valence-corrected chi connectivity index (χ2v) is 3.55. The van der Waals surface area contributed by atoms with Crippen molar-refractivity contribution in [3.63, 3.8) is 0 Å². The summed E-state index contributed by atoms with van der Waals surface area (Å²) in [7, 11) is 0. The number of rotatable bonds is 1. The molecule has 0 aromatic carbocycles. The normalized spacial score (nSPS) is 17.0. The number of nitrogens with one attached hydrogen (secondary N) is 1. The highest BCUT2D eigenvalue weighted by atomic mass is 16.2. The van der Waals surface area contributed by atoms with Gasteiger partial charge in [-0.15, -0.1) is 0 Å². The van der Waals surface area contributed by atoms with Gasteiger partial charge in [0.1, 0.15) is 0 Å². The van der Waals surface area contributed by atoms with Gasteiger partial charge in [-0.05, 0) is 26.2 Å². The number of nitrogens with zero attached hydrogens (tertiary/aromatic N) is 1. The highest BCUT2D eigenvalue weighted by Gasteiger charge is 2.22. The van der Waals surface area contributed by atoms with Crippen molar-refractivity contribution in [1.82, 2.24) is 9.55 Å². The van der Waals surface area contributed by atoms with Crippen LogP contribution in [0.25, 0.3) is 0 Å². The van der Waals surface area contributed by atoms with Crippen molar-refractivity contribution in [2.24, 2.45) is 0 Å². The van der Waals surface area contributed by atoms with E-state index in [2.05, 4.69) is 4.98 Å². The molecule has 13 heavy (non-hydrogen) atoms. The summed E-state index contributed by atoms with van der Waals surface area (Å²) in [5, 5.41) is 0.